The Hall–Kier alpha value is -2.74. The Kier molecular flexibility index (Phi) is 4.30. The molecule has 1 aromatic carbocycles. The third-order valence-corrected chi connectivity index (χ3v) is 3.98. The van der Waals surface area contributed by atoms with Crippen molar-refractivity contribution in [2.24, 2.45) is 11.7 Å². The maximum atomic E-state index is 13.2. The van der Waals surface area contributed by atoms with Crippen molar-refractivity contribution in [3.05, 3.63) is 53.7 Å². The van der Waals surface area contributed by atoms with Gasteiger partial charge in [0.15, 0.2) is 5.82 Å². The van der Waals surface area contributed by atoms with Crippen molar-refractivity contribution in [2.75, 3.05) is 11.9 Å². The van der Waals surface area contributed by atoms with Crippen LogP contribution >= 0.6 is 0 Å². The van der Waals surface area contributed by atoms with Crippen LogP contribution in [0.2, 0.25) is 0 Å². The molecule has 0 radical (unpaired) electrons. The summed E-state index contributed by atoms with van der Waals surface area (Å²) >= 11 is 0. The number of nitrogens with one attached hydrogen (secondary N) is 1. The SMILES string of the molecule is C=C1Nc2nc(CCCO)nn2[C@@H](c2ccc(F)cc2)[C@@H]1C(N)=O. The largest absolute Gasteiger partial charge is 0.396 e. The van der Waals surface area contributed by atoms with Gasteiger partial charge in [0.05, 0.1) is 6.04 Å². The second kappa shape index (κ2) is 6.40. The molecule has 0 saturated carbocycles. The van der Waals surface area contributed by atoms with E-state index in [4.69, 9.17) is 10.8 Å². The highest BCUT2D eigenvalue weighted by Gasteiger charge is 2.38. The van der Waals surface area contributed by atoms with Crippen LogP contribution in [-0.4, -0.2) is 32.4 Å². The molecule has 2 atom stereocenters. The summed E-state index contributed by atoms with van der Waals surface area (Å²) in [4.78, 5) is 16.3. The van der Waals surface area contributed by atoms with E-state index in [1.165, 1.54) is 12.1 Å². The number of rotatable bonds is 5. The van der Waals surface area contributed by atoms with Gasteiger partial charge in [0.2, 0.25) is 11.9 Å². The Bertz CT molecular complexity index is 771. The van der Waals surface area contributed by atoms with Crippen LogP contribution in [0.3, 0.4) is 0 Å². The first-order valence-corrected chi connectivity index (χ1v) is 7.58. The number of fused-ring (bicyclic) bond motifs is 1. The normalized spacial score (nSPS) is 19.7. The van der Waals surface area contributed by atoms with Gasteiger partial charge in [0, 0.05) is 18.7 Å². The summed E-state index contributed by atoms with van der Waals surface area (Å²) in [6, 6.07) is 5.27. The molecule has 1 aromatic heterocycles. The van der Waals surface area contributed by atoms with Crippen molar-refractivity contribution >= 4 is 11.9 Å². The van der Waals surface area contributed by atoms with Crippen LogP contribution in [0.5, 0.6) is 0 Å². The third-order valence-electron chi connectivity index (χ3n) is 3.98. The number of carbonyl (C=O) groups excluding carboxylic acids is 1. The van der Waals surface area contributed by atoms with Crippen molar-refractivity contribution < 1.29 is 14.3 Å². The summed E-state index contributed by atoms with van der Waals surface area (Å²) in [6.45, 7) is 3.91. The van der Waals surface area contributed by atoms with Crippen LogP contribution in [0.25, 0.3) is 0 Å². The van der Waals surface area contributed by atoms with E-state index in [9.17, 15) is 9.18 Å². The molecule has 2 aromatic rings. The van der Waals surface area contributed by atoms with Gasteiger partial charge in [0.1, 0.15) is 11.7 Å². The number of benzene rings is 1. The van der Waals surface area contributed by atoms with Gasteiger partial charge in [-0.1, -0.05) is 18.7 Å². The van der Waals surface area contributed by atoms with Crippen LogP contribution in [0.1, 0.15) is 23.9 Å². The van der Waals surface area contributed by atoms with Crippen LogP contribution in [0.4, 0.5) is 10.3 Å². The number of nitrogens with two attached hydrogens (primary N) is 1. The fourth-order valence-electron chi connectivity index (χ4n) is 2.86. The quantitative estimate of drug-likeness (QED) is 0.757. The van der Waals surface area contributed by atoms with E-state index in [1.807, 2.05) is 0 Å². The second-order valence-electron chi connectivity index (χ2n) is 5.65. The number of aliphatic hydroxyl groups is 1. The lowest BCUT2D eigenvalue weighted by atomic mass is 9.89. The molecule has 3 rings (SSSR count). The molecule has 1 aliphatic rings. The molecule has 0 spiro atoms. The fraction of sp³-hybridized carbons (Fsp3) is 0.312. The highest BCUT2D eigenvalue weighted by Crippen LogP contribution is 2.37. The number of halogens is 1. The van der Waals surface area contributed by atoms with Gasteiger partial charge < -0.3 is 16.2 Å². The van der Waals surface area contributed by atoms with E-state index in [0.29, 0.717) is 35.9 Å². The molecule has 2 heterocycles. The number of anilines is 1. The molecule has 0 bridgehead atoms. The minimum absolute atomic E-state index is 0.0370. The Morgan fingerprint density at radius 3 is 2.75 bits per heavy atom. The number of aryl methyl sites for hydroxylation is 1. The highest BCUT2D eigenvalue weighted by molar-refractivity contribution is 5.82. The lowest BCUT2D eigenvalue weighted by molar-refractivity contribution is -0.121. The summed E-state index contributed by atoms with van der Waals surface area (Å²) in [5, 5.41) is 16.3. The van der Waals surface area contributed by atoms with E-state index >= 15 is 0 Å². The molecule has 0 saturated heterocycles. The van der Waals surface area contributed by atoms with E-state index < -0.39 is 17.9 Å². The van der Waals surface area contributed by atoms with Crippen LogP contribution in [0, 0.1) is 11.7 Å². The molecule has 126 valence electrons. The molecule has 1 aliphatic heterocycles. The topological polar surface area (TPSA) is 106 Å². The van der Waals surface area contributed by atoms with E-state index in [-0.39, 0.29) is 12.4 Å². The Labute approximate surface area is 138 Å². The fourth-order valence-corrected chi connectivity index (χ4v) is 2.86. The van der Waals surface area contributed by atoms with Crippen molar-refractivity contribution in [3.63, 3.8) is 0 Å². The molecule has 8 heteroatoms. The zero-order valence-corrected chi connectivity index (χ0v) is 12.9. The van der Waals surface area contributed by atoms with Crippen molar-refractivity contribution in [1.82, 2.24) is 14.8 Å². The molecule has 7 nitrogen and oxygen atoms in total. The van der Waals surface area contributed by atoms with Gasteiger partial charge in [-0.2, -0.15) is 10.1 Å². The smallest absolute Gasteiger partial charge is 0.229 e. The van der Waals surface area contributed by atoms with Gasteiger partial charge in [-0.3, -0.25) is 4.79 Å². The minimum Gasteiger partial charge on any atom is -0.396 e. The number of primary amides is 1. The third kappa shape index (κ3) is 2.88. The van der Waals surface area contributed by atoms with Gasteiger partial charge in [-0.05, 0) is 24.1 Å². The molecular formula is C16H18FN5O2. The summed E-state index contributed by atoms with van der Waals surface area (Å²) in [5.74, 6) is -0.684. The Balaban J connectivity index is 2.07. The molecule has 24 heavy (non-hydrogen) atoms. The van der Waals surface area contributed by atoms with E-state index in [1.54, 1.807) is 16.8 Å². The molecule has 0 unspecified atom stereocenters. The minimum atomic E-state index is -0.740. The van der Waals surface area contributed by atoms with E-state index in [2.05, 4.69) is 22.0 Å². The lowest BCUT2D eigenvalue weighted by Gasteiger charge is -2.32. The standard InChI is InChI=1S/C16H18FN5O2/c1-9-13(15(18)24)14(10-4-6-11(17)7-5-10)22-16(19-9)20-12(21-22)3-2-8-23/h4-7,13-14,23H,1-3,8H2,(H2,18,24)(H,19,20,21)/t13-,14+/m1/s1. The first kappa shape index (κ1) is 16.1. The predicted octanol–water partition coefficient (Wildman–Crippen LogP) is 0.972. The van der Waals surface area contributed by atoms with Crippen LogP contribution in [0.15, 0.2) is 36.5 Å². The maximum absolute atomic E-state index is 13.2. The summed E-state index contributed by atoms with van der Waals surface area (Å²) in [6.07, 6.45) is 1.03. The summed E-state index contributed by atoms with van der Waals surface area (Å²) in [7, 11) is 0. The molecular weight excluding hydrogens is 313 g/mol. The zero-order valence-electron chi connectivity index (χ0n) is 12.9. The van der Waals surface area contributed by atoms with E-state index in [0.717, 1.165) is 0 Å². The average Bonchev–Trinajstić information content (AvgIpc) is 2.94. The second-order valence-corrected chi connectivity index (χ2v) is 5.65. The summed E-state index contributed by atoms with van der Waals surface area (Å²) in [5.41, 5.74) is 6.66. The van der Waals surface area contributed by atoms with Gasteiger partial charge in [0.25, 0.3) is 0 Å². The Morgan fingerprint density at radius 1 is 1.42 bits per heavy atom. The number of carbonyl (C=O) groups is 1. The molecule has 1 amide bonds. The molecule has 0 fully saturated rings. The molecule has 0 aliphatic carbocycles. The van der Waals surface area contributed by atoms with Gasteiger partial charge in [-0.25, -0.2) is 9.07 Å². The number of amides is 1. The van der Waals surface area contributed by atoms with Gasteiger partial charge in [-0.15, -0.1) is 0 Å². The number of aromatic nitrogens is 3. The number of hydrogen-bond donors (Lipinski definition) is 3. The average molecular weight is 331 g/mol. The highest BCUT2D eigenvalue weighted by atomic mass is 19.1. The summed E-state index contributed by atoms with van der Waals surface area (Å²) < 4.78 is 14.8. The molecule has 4 N–H and O–H groups in total. The lowest BCUT2D eigenvalue weighted by Crippen LogP contribution is -2.40. The zero-order chi connectivity index (χ0) is 17.3. The number of nitrogens with zero attached hydrogens (tertiary/aromatic N) is 3. The number of hydrogen-bond acceptors (Lipinski definition) is 5. The van der Waals surface area contributed by atoms with Gasteiger partial charge >= 0.3 is 0 Å². The monoisotopic (exact) mass is 331 g/mol. The van der Waals surface area contributed by atoms with Crippen LogP contribution < -0.4 is 11.1 Å². The Morgan fingerprint density at radius 2 is 2.12 bits per heavy atom. The van der Waals surface area contributed by atoms with Crippen molar-refractivity contribution in [1.29, 1.82) is 0 Å². The number of aliphatic hydroxyl groups excluding tert-OH is 1. The predicted molar refractivity (Wildman–Crippen MR) is 85.4 cm³/mol. The first-order chi connectivity index (χ1) is 11.5. The first-order valence-electron chi connectivity index (χ1n) is 7.58. The van der Waals surface area contributed by atoms with Crippen LogP contribution in [-0.2, 0) is 11.2 Å². The van der Waals surface area contributed by atoms with Crippen molar-refractivity contribution in [2.45, 2.75) is 18.9 Å². The maximum Gasteiger partial charge on any atom is 0.229 e. The van der Waals surface area contributed by atoms with Crippen molar-refractivity contribution in [3.8, 4) is 0 Å².